The molecule has 0 aliphatic heterocycles. The van der Waals surface area contributed by atoms with Gasteiger partial charge in [-0.15, -0.1) is 6.58 Å². The maximum atomic E-state index is 10.1. The van der Waals surface area contributed by atoms with Gasteiger partial charge in [0.2, 0.25) is 0 Å². The number of fused-ring (bicyclic) bond motifs is 7. The fourth-order valence-electron chi connectivity index (χ4n) is 12.4. The van der Waals surface area contributed by atoms with Crippen LogP contribution in [0.2, 0.25) is 0 Å². The smallest absolute Gasteiger partial charge is 0.0648 e. The number of aliphatic hydroxyl groups excluding tert-OH is 1. The van der Waals surface area contributed by atoms with Gasteiger partial charge in [-0.25, -0.2) is 0 Å². The SMILES string of the molecule is C=CCO[C@H]1CC[C@]2(C)[C@H]3CC[C@@H]4[C@H]5[C@H](C(=C)C)CC[C@]5(CCO)CC[C@@]4(C)[C@]3(C)CC[C@H]2C1(C)C. The molecule has 0 spiro atoms. The Morgan fingerprint density at radius 3 is 2.31 bits per heavy atom. The summed E-state index contributed by atoms with van der Waals surface area (Å²) in [6.45, 7) is 24.9. The average molecular weight is 497 g/mol. The Kier molecular flexibility index (Phi) is 6.73. The summed E-state index contributed by atoms with van der Waals surface area (Å²) in [5.41, 5.74) is 3.18. The highest BCUT2D eigenvalue weighted by Crippen LogP contribution is 2.77. The molecule has 10 atom stereocenters. The molecule has 1 N–H and O–H groups in total. The van der Waals surface area contributed by atoms with Crippen molar-refractivity contribution in [2.45, 2.75) is 118 Å². The number of hydrogen-bond donors (Lipinski definition) is 1. The Morgan fingerprint density at radius 1 is 0.889 bits per heavy atom. The maximum absolute atomic E-state index is 10.1. The molecule has 5 rings (SSSR count). The minimum atomic E-state index is 0.217. The van der Waals surface area contributed by atoms with Crippen molar-refractivity contribution in [2.24, 2.45) is 56.7 Å². The summed E-state index contributed by atoms with van der Waals surface area (Å²) in [6.07, 6.45) is 16.6. The van der Waals surface area contributed by atoms with Crippen LogP contribution in [0, 0.1) is 56.7 Å². The third-order valence-corrected chi connectivity index (χ3v) is 14.2. The molecule has 0 unspecified atom stereocenters. The van der Waals surface area contributed by atoms with Crippen LogP contribution in [-0.2, 0) is 4.74 Å². The van der Waals surface area contributed by atoms with Crippen LogP contribution >= 0.6 is 0 Å². The van der Waals surface area contributed by atoms with Gasteiger partial charge in [-0.05, 0) is 134 Å². The molecule has 0 aromatic carbocycles. The van der Waals surface area contributed by atoms with E-state index >= 15 is 0 Å². The molecule has 0 aromatic rings. The molecule has 0 radical (unpaired) electrons. The van der Waals surface area contributed by atoms with Crippen molar-refractivity contribution < 1.29 is 9.84 Å². The van der Waals surface area contributed by atoms with E-state index in [0.717, 1.165) is 30.1 Å². The zero-order valence-electron chi connectivity index (χ0n) is 24.5. The first kappa shape index (κ1) is 27.0. The normalized spacial score (nSPS) is 51.4. The van der Waals surface area contributed by atoms with Crippen LogP contribution < -0.4 is 0 Å². The molecule has 5 fully saturated rings. The van der Waals surface area contributed by atoms with Crippen LogP contribution in [0.3, 0.4) is 0 Å². The summed E-state index contributed by atoms with van der Waals surface area (Å²) in [7, 11) is 0. The molecule has 5 aliphatic rings. The van der Waals surface area contributed by atoms with E-state index in [2.05, 4.69) is 54.7 Å². The van der Waals surface area contributed by atoms with Crippen LogP contribution in [0.1, 0.15) is 112 Å². The fourth-order valence-corrected chi connectivity index (χ4v) is 12.4. The second-order valence-corrected chi connectivity index (χ2v) is 15.5. The highest BCUT2D eigenvalue weighted by Gasteiger charge is 2.70. The van der Waals surface area contributed by atoms with Crippen molar-refractivity contribution >= 4 is 0 Å². The predicted octanol–water partition coefficient (Wildman–Crippen LogP) is 8.60. The first-order chi connectivity index (χ1) is 16.9. The van der Waals surface area contributed by atoms with E-state index < -0.39 is 0 Å². The lowest BCUT2D eigenvalue weighted by atomic mass is 9.32. The predicted molar refractivity (Wildman–Crippen MR) is 151 cm³/mol. The van der Waals surface area contributed by atoms with Crippen molar-refractivity contribution in [2.75, 3.05) is 13.2 Å². The van der Waals surface area contributed by atoms with Crippen molar-refractivity contribution in [1.82, 2.24) is 0 Å². The standard InChI is InChI=1S/C34H56O2/c1-9-22-36-28-14-15-31(6)26(30(28,4)5)13-16-33(8)27(31)11-10-25-29-24(23(2)3)12-17-34(29,20-21-35)19-18-32(25,33)7/h9,24-29,35H,1-2,10-22H2,3-8H3/t24-,25+,26-,27+,28-,29+,31-,32+,33+,34+/m0/s1. The van der Waals surface area contributed by atoms with E-state index in [0.29, 0.717) is 46.9 Å². The van der Waals surface area contributed by atoms with Gasteiger partial charge in [-0.1, -0.05) is 52.8 Å². The van der Waals surface area contributed by atoms with Gasteiger partial charge in [-0.3, -0.25) is 0 Å². The van der Waals surface area contributed by atoms with E-state index in [1.54, 1.807) is 0 Å². The van der Waals surface area contributed by atoms with Crippen molar-refractivity contribution in [3.05, 3.63) is 24.8 Å². The lowest BCUT2D eigenvalue weighted by Gasteiger charge is -2.73. The molecule has 0 aromatic heterocycles. The van der Waals surface area contributed by atoms with Crippen molar-refractivity contribution in [1.29, 1.82) is 0 Å². The quantitative estimate of drug-likeness (QED) is 0.373. The summed E-state index contributed by atoms with van der Waals surface area (Å²) in [5.74, 6) is 3.70. The van der Waals surface area contributed by atoms with Crippen LogP contribution in [0.15, 0.2) is 24.8 Å². The Morgan fingerprint density at radius 2 is 1.64 bits per heavy atom. The van der Waals surface area contributed by atoms with E-state index in [1.165, 1.54) is 69.8 Å². The summed E-state index contributed by atoms with van der Waals surface area (Å²) in [5, 5.41) is 10.1. The number of ether oxygens (including phenoxy) is 1. The van der Waals surface area contributed by atoms with Gasteiger partial charge < -0.3 is 9.84 Å². The third kappa shape index (κ3) is 3.48. The number of rotatable bonds is 6. The first-order valence-corrected chi connectivity index (χ1v) is 15.4. The second kappa shape index (κ2) is 8.97. The molecule has 0 saturated heterocycles. The van der Waals surface area contributed by atoms with Crippen LogP contribution in [-0.4, -0.2) is 24.4 Å². The number of allylic oxidation sites excluding steroid dienone is 1. The Labute approximate surface area is 222 Å². The maximum Gasteiger partial charge on any atom is 0.0648 e. The molecular formula is C34H56O2. The lowest BCUT2D eigenvalue weighted by molar-refractivity contribution is -0.251. The van der Waals surface area contributed by atoms with E-state index in [9.17, 15) is 5.11 Å². The number of hydrogen-bond acceptors (Lipinski definition) is 2. The molecule has 204 valence electrons. The second-order valence-electron chi connectivity index (χ2n) is 15.5. The molecule has 0 amide bonds. The average Bonchev–Trinajstić information content (AvgIpc) is 3.19. The van der Waals surface area contributed by atoms with E-state index in [1.807, 2.05) is 6.08 Å². The summed E-state index contributed by atoms with van der Waals surface area (Å²) in [4.78, 5) is 0. The Hall–Kier alpha value is -0.600. The monoisotopic (exact) mass is 496 g/mol. The van der Waals surface area contributed by atoms with Gasteiger partial charge in [0.15, 0.2) is 0 Å². The summed E-state index contributed by atoms with van der Waals surface area (Å²) >= 11 is 0. The highest BCUT2D eigenvalue weighted by atomic mass is 16.5. The molecule has 5 aliphatic carbocycles. The summed E-state index contributed by atoms with van der Waals surface area (Å²) in [6, 6.07) is 0. The molecule has 36 heavy (non-hydrogen) atoms. The summed E-state index contributed by atoms with van der Waals surface area (Å²) < 4.78 is 6.38. The third-order valence-electron chi connectivity index (χ3n) is 14.2. The van der Waals surface area contributed by atoms with Gasteiger partial charge in [0.25, 0.3) is 0 Å². The fraction of sp³-hybridized carbons (Fsp3) is 0.882. The molecule has 0 heterocycles. The van der Waals surface area contributed by atoms with Crippen molar-refractivity contribution in [3.63, 3.8) is 0 Å². The molecule has 0 bridgehead atoms. The molecule has 2 heteroatoms. The van der Waals surface area contributed by atoms with Gasteiger partial charge >= 0.3 is 0 Å². The van der Waals surface area contributed by atoms with Crippen LogP contribution in [0.5, 0.6) is 0 Å². The minimum Gasteiger partial charge on any atom is -0.396 e. The van der Waals surface area contributed by atoms with Crippen molar-refractivity contribution in [3.8, 4) is 0 Å². The van der Waals surface area contributed by atoms with Gasteiger partial charge in [0.1, 0.15) is 0 Å². The Bertz CT molecular complexity index is 874. The minimum absolute atomic E-state index is 0.217. The molecular weight excluding hydrogens is 440 g/mol. The zero-order chi connectivity index (χ0) is 26.1. The Balaban J connectivity index is 1.49. The highest BCUT2D eigenvalue weighted by molar-refractivity contribution is 5.21. The topological polar surface area (TPSA) is 29.5 Å². The van der Waals surface area contributed by atoms with Gasteiger partial charge in [-0.2, -0.15) is 0 Å². The molecule has 2 nitrogen and oxygen atoms in total. The van der Waals surface area contributed by atoms with Crippen LogP contribution in [0.25, 0.3) is 0 Å². The van der Waals surface area contributed by atoms with Crippen LogP contribution in [0.4, 0.5) is 0 Å². The van der Waals surface area contributed by atoms with E-state index in [4.69, 9.17) is 4.74 Å². The van der Waals surface area contributed by atoms with Gasteiger partial charge in [0, 0.05) is 6.61 Å². The van der Waals surface area contributed by atoms with Gasteiger partial charge in [0.05, 0.1) is 12.7 Å². The zero-order valence-corrected chi connectivity index (χ0v) is 24.5. The first-order valence-electron chi connectivity index (χ1n) is 15.4. The van der Waals surface area contributed by atoms with E-state index in [-0.39, 0.29) is 5.41 Å². The number of aliphatic hydroxyl groups is 1. The molecule has 5 saturated carbocycles. The largest absolute Gasteiger partial charge is 0.396 e. The lowest BCUT2D eigenvalue weighted by Crippen LogP contribution is -2.66.